The van der Waals surface area contributed by atoms with Gasteiger partial charge in [0.05, 0.1) is 12.7 Å². The molecule has 0 bridgehead atoms. The van der Waals surface area contributed by atoms with Crippen LogP contribution < -0.4 is 4.74 Å². The summed E-state index contributed by atoms with van der Waals surface area (Å²) in [6, 6.07) is 7.85. The third-order valence-electron chi connectivity index (χ3n) is 4.62. The SMILES string of the molecule is COCCOc1ccccc1C(O)C1C2CCCC21. The molecule has 0 aliphatic heterocycles. The zero-order valence-corrected chi connectivity index (χ0v) is 11.4. The third kappa shape index (κ3) is 2.49. The van der Waals surface area contributed by atoms with E-state index in [1.807, 2.05) is 24.3 Å². The van der Waals surface area contributed by atoms with E-state index in [1.54, 1.807) is 7.11 Å². The Hall–Kier alpha value is -1.06. The zero-order chi connectivity index (χ0) is 13.2. The van der Waals surface area contributed by atoms with E-state index < -0.39 is 0 Å². The molecule has 0 heterocycles. The molecule has 1 N–H and O–H groups in total. The van der Waals surface area contributed by atoms with E-state index in [1.165, 1.54) is 19.3 Å². The molecule has 0 amide bonds. The van der Waals surface area contributed by atoms with Gasteiger partial charge >= 0.3 is 0 Å². The second kappa shape index (κ2) is 5.51. The lowest BCUT2D eigenvalue weighted by Gasteiger charge is -2.17. The fraction of sp³-hybridized carbons (Fsp3) is 0.625. The molecule has 1 aromatic rings. The van der Waals surface area contributed by atoms with Crippen LogP contribution in [0.3, 0.4) is 0 Å². The average Bonchev–Trinajstić information content (AvgIpc) is 2.91. The van der Waals surface area contributed by atoms with Crippen LogP contribution in [0, 0.1) is 17.8 Å². The number of hydrogen-bond donors (Lipinski definition) is 1. The van der Waals surface area contributed by atoms with Crippen LogP contribution in [0.4, 0.5) is 0 Å². The van der Waals surface area contributed by atoms with Crippen LogP contribution in [0.25, 0.3) is 0 Å². The molecule has 1 aromatic carbocycles. The van der Waals surface area contributed by atoms with Crippen molar-refractivity contribution in [2.75, 3.05) is 20.3 Å². The number of aliphatic hydroxyl groups is 1. The zero-order valence-electron chi connectivity index (χ0n) is 11.4. The molecular weight excluding hydrogens is 240 g/mol. The van der Waals surface area contributed by atoms with E-state index in [9.17, 15) is 5.11 Å². The maximum atomic E-state index is 10.6. The molecule has 0 spiro atoms. The van der Waals surface area contributed by atoms with E-state index in [2.05, 4.69) is 0 Å². The first-order chi connectivity index (χ1) is 9.33. The summed E-state index contributed by atoms with van der Waals surface area (Å²) in [5, 5.41) is 10.6. The van der Waals surface area contributed by atoms with Crippen molar-refractivity contribution in [2.45, 2.75) is 25.4 Å². The van der Waals surface area contributed by atoms with Crippen molar-refractivity contribution < 1.29 is 14.6 Å². The van der Waals surface area contributed by atoms with Gasteiger partial charge in [-0.1, -0.05) is 24.6 Å². The van der Waals surface area contributed by atoms with E-state index in [0.29, 0.717) is 19.1 Å². The van der Waals surface area contributed by atoms with Gasteiger partial charge < -0.3 is 14.6 Å². The lowest BCUT2D eigenvalue weighted by atomic mass is 9.99. The number of rotatable bonds is 6. The van der Waals surface area contributed by atoms with Gasteiger partial charge in [-0.25, -0.2) is 0 Å². The van der Waals surface area contributed by atoms with Crippen LogP contribution in [-0.4, -0.2) is 25.4 Å². The summed E-state index contributed by atoms with van der Waals surface area (Å²) in [4.78, 5) is 0. The minimum atomic E-state index is -0.367. The molecular formula is C16H22O3. The summed E-state index contributed by atoms with van der Waals surface area (Å²) >= 11 is 0. The first-order valence-electron chi connectivity index (χ1n) is 7.21. The Morgan fingerprint density at radius 3 is 2.68 bits per heavy atom. The van der Waals surface area contributed by atoms with E-state index >= 15 is 0 Å². The molecule has 0 saturated heterocycles. The lowest BCUT2D eigenvalue weighted by molar-refractivity contribution is 0.123. The molecule has 2 aliphatic rings. The number of benzene rings is 1. The Bertz CT molecular complexity index is 422. The molecule has 3 atom stereocenters. The molecule has 2 saturated carbocycles. The van der Waals surface area contributed by atoms with Crippen molar-refractivity contribution in [2.24, 2.45) is 17.8 Å². The number of fused-ring (bicyclic) bond motifs is 1. The summed E-state index contributed by atoms with van der Waals surface area (Å²) in [5.41, 5.74) is 0.943. The van der Waals surface area contributed by atoms with E-state index in [4.69, 9.17) is 9.47 Å². The normalized spacial score (nSPS) is 29.9. The molecule has 3 unspecified atom stereocenters. The molecule has 3 heteroatoms. The summed E-state index contributed by atoms with van der Waals surface area (Å²) < 4.78 is 10.7. The standard InChI is InChI=1S/C16H22O3/c1-18-9-10-19-14-8-3-2-5-13(14)16(17)15-11-6-4-7-12(11)15/h2-3,5,8,11-12,15-17H,4,6-7,9-10H2,1H3. The second-order valence-corrected chi connectivity index (χ2v) is 5.66. The van der Waals surface area contributed by atoms with Gasteiger partial charge in [0, 0.05) is 12.7 Å². The van der Waals surface area contributed by atoms with Crippen LogP contribution in [0.5, 0.6) is 5.75 Å². The first-order valence-corrected chi connectivity index (χ1v) is 7.21. The molecule has 3 nitrogen and oxygen atoms in total. The molecule has 0 aromatic heterocycles. The van der Waals surface area contributed by atoms with Crippen LogP contribution in [0.2, 0.25) is 0 Å². The van der Waals surface area contributed by atoms with Crippen molar-refractivity contribution in [1.29, 1.82) is 0 Å². The van der Waals surface area contributed by atoms with Crippen molar-refractivity contribution in [1.82, 2.24) is 0 Å². The summed E-state index contributed by atoms with van der Waals surface area (Å²) in [6.45, 7) is 1.09. The Morgan fingerprint density at radius 2 is 1.95 bits per heavy atom. The van der Waals surface area contributed by atoms with Gasteiger partial charge in [0.15, 0.2) is 0 Å². The Morgan fingerprint density at radius 1 is 1.21 bits per heavy atom. The highest BCUT2D eigenvalue weighted by molar-refractivity contribution is 5.36. The minimum Gasteiger partial charge on any atom is -0.491 e. The van der Waals surface area contributed by atoms with Crippen LogP contribution in [0.15, 0.2) is 24.3 Å². The number of methoxy groups -OCH3 is 1. The molecule has 2 fully saturated rings. The average molecular weight is 262 g/mol. The van der Waals surface area contributed by atoms with Gasteiger partial charge in [-0.3, -0.25) is 0 Å². The molecule has 0 radical (unpaired) electrons. The molecule has 19 heavy (non-hydrogen) atoms. The fourth-order valence-electron chi connectivity index (χ4n) is 3.64. The smallest absolute Gasteiger partial charge is 0.125 e. The van der Waals surface area contributed by atoms with Crippen molar-refractivity contribution in [3.8, 4) is 5.75 Å². The highest BCUT2D eigenvalue weighted by Crippen LogP contribution is 2.62. The van der Waals surface area contributed by atoms with Crippen molar-refractivity contribution in [3.63, 3.8) is 0 Å². The highest BCUT2D eigenvalue weighted by atomic mass is 16.5. The number of ether oxygens (including phenoxy) is 2. The first kappa shape index (κ1) is 12.9. The van der Waals surface area contributed by atoms with Crippen LogP contribution >= 0.6 is 0 Å². The topological polar surface area (TPSA) is 38.7 Å². The van der Waals surface area contributed by atoms with Gasteiger partial charge in [-0.2, -0.15) is 0 Å². The van der Waals surface area contributed by atoms with Crippen molar-refractivity contribution >= 4 is 0 Å². The van der Waals surface area contributed by atoms with Gasteiger partial charge in [-0.15, -0.1) is 0 Å². The predicted octanol–water partition coefficient (Wildman–Crippen LogP) is 2.79. The van der Waals surface area contributed by atoms with E-state index in [0.717, 1.165) is 23.1 Å². The highest BCUT2D eigenvalue weighted by Gasteiger charge is 2.56. The summed E-state index contributed by atoms with van der Waals surface area (Å²) in [6.07, 6.45) is 3.55. The Kier molecular flexibility index (Phi) is 3.76. The largest absolute Gasteiger partial charge is 0.491 e. The maximum absolute atomic E-state index is 10.6. The van der Waals surface area contributed by atoms with Gasteiger partial charge in [0.25, 0.3) is 0 Å². The molecule has 3 rings (SSSR count). The second-order valence-electron chi connectivity index (χ2n) is 5.66. The quantitative estimate of drug-likeness (QED) is 0.801. The molecule has 104 valence electrons. The van der Waals surface area contributed by atoms with Crippen LogP contribution in [-0.2, 0) is 4.74 Å². The minimum absolute atomic E-state index is 0.367. The lowest BCUT2D eigenvalue weighted by Crippen LogP contribution is -2.10. The van der Waals surface area contributed by atoms with Gasteiger partial charge in [0.2, 0.25) is 0 Å². The third-order valence-corrected chi connectivity index (χ3v) is 4.62. The fourth-order valence-corrected chi connectivity index (χ4v) is 3.64. The van der Waals surface area contributed by atoms with Crippen LogP contribution in [0.1, 0.15) is 30.9 Å². The Labute approximate surface area is 114 Å². The summed E-state index contributed by atoms with van der Waals surface area (Å²) in [7, 11) is 1.66. The van der Waals surface area contributed by atoms with Crippen molar-refractivity contribution in [3.05, 3.63) is 29.8 Å². The van der Waals surface area contributed by atoms with Gasteiger partial charge in [0.1, 0.15) is 12.4 Å². The molecule has 2 aliphatic carbocycles. The number of aliphatic hydroxyl groups excluding tert-OH is 1. The van der Waals surface area contributed by atoms with E-state index in [-0.39, 0.29) is 6.10 Å². The maximum Gasteiger partial charge on any atom is 0.125 e. The predicted molar refractivity (Wildman–Crippen MR) is 73.1 cm³/mol. The Balaban J connectivity index is 1.69. The monoisotopic (exact) mass is 262 g/mol. The number of para-hydroxylation sites is 1. The van der Waals surface area contributed by atoms with Gasteiger partial charge in [-0.05, 0) is 36.7 Å². The number of hydrogen-bond acceptors (Lipinski definition) is 3. The summed E-state index contributed by atoms with van der Waals surface area (Å²) in [5.74, 6) is 2.77.